The second-order valence-corrected chi connectivity index (χ2v) is 4.22. The number of aromatic nitrogens is 4. The van der Waals surface area contributed by atoms with Gasteiger partial charge in [0.1, 0.15) is 18.9 Å². The smallest absolute Gasteiger partial charge is 0.390 e. The van der Waals surface area contributed by atoms with Gasteiger partial charge in [0.15, 0.2) is 0 Å². The Bertz CT molecular complexity index is 732. The molecule has 3 rings (SSSR count). The summed E-state index contributed by atoms with van der Waals surface area (Å²) >= 11 is 0. The molecular formula is C13H11N5O2. The molecule has 3 aromatic rings. The van der Waals surface area contributed by atoms with Crippen LogP contribution in [0.3, 0.4) is 0 Å². The first kappa shape index (κ1) is 12.1. The molecule has 7 nitrogen and oxygen atoms in total. The summed E-state index contributed by atoms with van der Waals surface area (Å²) in [5, 5.41) is 10.8. The van der Waals surface area contributed by atoms with Crippen LogP contribution in [0.4, 0.5) is 5.95 Å². The average Bonchev–Trinajstić information content (AvgIpc) is 3.09. The minimum atomic E-state index is -0.506. The van der Waals surface area contributed by atoms with Crippen LogP contribution in [0.5, 0.6) is 0 Å². The highest BCUT2D eigenvalue weighted by atomic mass is 16.6. The van der Waals surface area contributed by atoms with Gasteiger partial charge in [0.2, 0.25) is 0 Å². The zero-order valence-electron chi connectivity index (χ0n) is 10.5. The third-order valence-electron chi connectivity index (χ3n) is 2.88. The van der Waals surface area contributed by atoms with Crippen molar-refractivity contribution in [1.29, 1.82) is 0 Å². The van der Waals surface area contributed by atoms with Gasteiger partial charge in [0, 0.05) is 11.9 Å². The molecule has 0 N–H and O–H groups in total. The van der Waals surface area contributed by atoms with Gasteiger partial charge in [-0.1, -0.05) is 23.2 Å². The van der Waals surface area contributed by atoms with Gasteiger partial charge in [-0.25, -0.2) is 9.55 Å². The quantitative estimate of drug-likeness (QED) is 0.536. The number of hydrogen-bond acceptors (Lipinski definition) is 4. The molecule has 0 unspecified atom stereocenters. The standard InChI is InChI=1S/C13H11N5O2/c19-18(20)13-14-6-7-16(13)8-11-9-17(10-15-11)12-4-2-1-3-5-12/h1-7,9-10H,8H2. The van der Waals surface area contributed by atoms with Crippen molar-refractivity contribution in [3.05, 3.63) is 71.1 Å². The van der Waals surface area contributed by atoms with E-state index in [4.69, 9.17) is 0 Å². The van der Waals surface area contributed by atoms with E-state index in [0.717, 1.165) is 11.4 Å². The molecule has 0 atom stereocenters. The molecule has 20 heavy (non-hydrogen) atoms. The molecule has 0 aliphatic rings. The number of rotatable bonds is 4. The first-order valence-corrected chi connectivity index (χ1v) is 5.98. The molecular weight excluding hydrogens is 258 g/mol. The zero-order chi connectivity index (χ0) is 13.9. The van der Waals surface area contributed by atoms with E-state index in [1.807, 2.05) is 41.1 Å². The van der Waals surface area contributed by atoms with Gasteiger partial charge in [-0.05, 0) is 17.1 Å². The lowest BCUT2D eigenvalue weighted by molar-refractivity contribution is -0.396. The minimum Gasteiger partial charge on any atom is -0.390 e. The maximum atomic E-state index is 10.8. The highest BCUT2D eigenvalue weighted by molar-refractivity contribution is 5.31. The van der Waals surface area contributed by atoms with Gasteiger partial charge in [-0.3, -0.25) is 0 Å². The maximum absolute atomic E-state index is 10.8. The maximum Gasteiger partial charge on any atom is 0.434 e. The molecule has 0 bridgehead atoms. The second-order valence-electron chi connectivity index (χ2n) is 4.22. The number of imidazole rings is 2. The van der Waals surface area contributed by atoms with E-state index in [1.165, 1.54) is 10.8 Å². The van der Waals surface area contributed by atoms with Crippen molar-refractivity contribution in [2.24, 2.45) is 0 Å². The Morgan fingerprint density at radius 3 is 2.75 bits per heavy atom. The molecule has 0 amide bonds. The van der Waals surface area contributed by atoms with E-state index in [9.17, 15) is 10.1 Å². The van der Waals surface area contributed by atoms with Crippen molar-refractivity contribution >= 4 is 5.95 Å². The Kier molecular flexibility index (Phi) is 3.00. The summed E-state index contributed by atoms with van der Waals surface area (Å²) < 4.78 is 3.33. The SMILES string of the molecule is O=[N+]([O-])c1nccn1Cc1cn(-c2ccccc2)cn1. The van der Waals surface area contributed by atoms with Crippen LogP contribution in [0.25, 0.3) is 5.69 Å². The Hall–Kier alpha value is -2.96. The lowest BCUT2D eigenvalue weighted by atomic mass is 10.3. The van der Waals surface area contributed by atoms with Crippen LogP contribution in [0.2, 0.25) is 0 Å². The Labute approximate surface area is 114 Å². The van der Waals surface area contributed by atoms with Gasteiger partial charge in [-0.15, -0.1) is 0 Å². The van der Waals surface area contributed by atoms with Crippen molar-refractivity contribution in [1.82, 2.24) is 19.1 Å². The number of benzene rings is 1. The van der Waals surface area contributed by atoms with Crippen LogP contribution in [0, 0.1) is 10.1 Å². The molecule has 0 aliphatic carbocycles. The summed E-state index contributed by atoms with van der Waals surface area (Å²) in [5.41, 5.74) is 1.72. The largest absolute Gasteiger partial charge is 0.434 e. The van der Waals surface area contributed by atoms with Gasteiger partial charge in [-0.2, -0.15) is 0 Å². The van der Waals surface area contributed by atoms with Crippen LogP contribution in [0.15, 0.2) is 55.2 Å². The summed E-state index contributed by atoms with van der Waals surface area (Å²) in [6.07, 6.45) is 6.51. The summed E-state index contributed by atoms with van der Waals surface area (Å²) in [6.45, 7) is 0.316. The predicted molar refractivity (Wildman–Crippen MR) is 71.5 cm³/mol. The summed E-state index contributed by atoms with van der Waals surface area (Å²) in [6, 6.07) is 9.75. The molecule has 0 fully saturated rings. The fraction of sp³-hybridized carbons (Fsp3) is 0.0769. The molecule has 1 aromatic carbocycles. The van der Waals surface area contributed by atoms with E-state index in [-0.39, 0.29) is 5.95 Å². The van der Waals surface area contributed by atoms with Crippen molar-refractivity contribution in [2.75, 3.05) is 0 Å². The molecule has 2 aromatic heterocycles. The first-order chi connectivity index (χ1) is 9.74. The number of nitrogens with zero attached hydrogens (tertiary/aromatic N) is 5. The molecule has 100 valence electrons. The Morgan fingerprint density at radius 1 is 1.20 bits per heavy atom. The summed E-state index contributed by atoms with van der Waals surface area (Å²) in [4.78, 5) is 18.3. The van der Waals surface area contributed by atoms with Crippen LogP contribution in [-0.4, -0.2) is 24.0 Å². The number of nitro groups is 1. The topological polar surface area (TPSA) is 78.8 Å². The third kappa shape index (κ3) is 2.28. The van der Waals surface area contributed by atoms with E-state index in [2.05, 4.69) is 9.97 Å². The Balaban J connectivity index is 1.84. The van der Waals surface area contributed by atoms with Crippen molar-refractivity contribution in [2.45, 2.75) is 6.54 Å². The third-order valence-corrected chi connectivity index (χ3v) is 2.88. The lowest BCUT2D eigenvalue weighted by Crippen LogP contribution is -2.04. The lowest BCUT2D eigenvalue weighted by Gasteiger charge is -2.00. The first-order valence-electron chi connectivity index (χ1n) is 5.98. The van der Waals surface area contributed by atoms with Crippen molar-refractivity contribution < 1.29 is 4.92 Å². The van der Waals surface area contributed by atoms with Crippen molar-refractivity contribution in [3.8, 4) is 5.69 Å². The fourth-order valence-corrected chi connectivity index (χ4v) is 1.96. The summed E-state index contributed by atoms with van der Waals surface area (Å²) in [7, 11) is 0. The molecule has 0 saturated carbocycles. The molecule has 0 aliphatic heterocycles. The zero-order valence-corrected chi connectivity index (χ0v) is 10.5. The van der Waals surface area contributed by atoms with Crippen molar-refractivity contribution in [3.63, 3.8) is 0 Å². The minimum absolute atomic E-state index is 0.181. The summed E-state index contributed by atoms with van der Waals surface area (Å²) in [5.74, 6) is -0.181. The molecule has 7 heteroatoms. The van der Waals surface area contributed by atoms with Gasteiger partial charge in [0.25, 0.3) is 0 Å². The van der Waals surface area contributed by atoms with E-state index in [1.54, 1.807) is 12.5 Å². The molecule has 0 radical (unpaired) electrons. The highest BCUT2D eigenvalue weighted by Crippen LogP contribution is 2.12. The van der Waals surface area contributed by atoms with E-state index in [0.29, 0.717) is 6.54 Å². The van der Waals surface area contributed by atoms with Crippen LogP contribution in [-0.2, 0) is 6.54 Å². The van der Waals surface area contributed by atoms with Crippen LogP contribution in [0.1, 0.15) is 5.69 Å². The molecule has 0 spiro atoms. The molecule has 0 saturated heterocycles. The van der Waals surface area contributed by atoms with Gasteiger partial charge >= 0.3 is 5.95 Å². The van der Waals surface area contributed by atoms with E-state index < -0.39 is 4.92 Å². The Morgan fingerprint density at radius 2 is 2.00 bits per heavy atom. The van der Waals surface area contributed by atoms with Gasteiger partial charge in [0.05, 0.1) is 12.0 Å². The fourth-order valence-electron chi connectivity index (χ4n) is 1.96. The number of para-hydroxylation sites is 1. The van der Waals surface area contributed by atoms with Gasteiger partial charge < -0.3 is 14.7 Å². The highest BCUT2D eigenvalue weighted by Gasteiger charge is 2.15. The predicted octanol–water partition coefficient (Wildman–Crippen LogP) is 2.03. The van der Waals surface area contributed by atoms with Crippen LogP contribution >= 0.6 is 0 Å². The normalized spacial score (nSPS) is 10.6. The van der Waals surface area contributed by atoms with Crippen LogP contribution < -0.4 is 0 Å². The number of hydrogen-bond donors (Lipinski definition) is 0. The monoisotopic (exact) mass is 269 g/mol. The average molecular weight is 269 g/mol. The van der Waals surface area contributed by atoms with E-state index >= 15 is 0 Å². The second kappa shape index (κ2) is 4.96. The molecule has 2 heterocycles.